The normalized spacial score (nSPS) is 6.39. The molecule has 0 spiro atoms. The van der Waals surface area contributed by atoms with E-state index in [-0.39, 0.29) is 23.6 Å². The maximum absolute atomic E-state index is 9.10. The maximum atomic E-state index is 9.10. The summed E-state index contributed by atoms with van der Waals surface area (Å²) in [6.45, 7) is 0. The van der Waals surface area contributed by atoms with Gasteiger partial charge in [-0.15, -0.1) is 0 Å². The molecule has 0 aromatic heterocycles. The van der Waals surface area contributed by atoms with E-state index in [4.69, 9.17) is 54.7 Å². The Hall–Kier alpha value is -1.65. The number of carboxylic acid groups (broad SMARTS) is 4. The van der Waals surface area contributed by atoms with Crippen molar-refractivity contribution in [1.29, 1.82) is 0 Å². The van der Waals surface area contributed by atoms with E-state index in [0.29, 0.717) is 0 Å². The van der Waals surface area contributed by atoms with Crippen molar-refractivity contribution in [3.05, 3.63) is 0 Å². The molecule has 7 N–H and O–H groups in total. The Morgan fingerprint density at radius 2 is 0.667 bits per heavy atom. The average Bonchev–Trinajstić information content (AvgIpc) is 2.03. The number of aliphatic carboxylic acids is 4. The molecule has 0 aliphatic heterocycles. The van der Waals surface area contributed by atoms with E-state index in [1.165, 1.54) is 0 Å². The smallest absolute Gasteiger partial charge is 1.00 e. The summed E-state index contributed by atoms with van der Waals surface area (Å²) < 4.78 is 0. The molecule has 0 aromatic rings. The van der Waals surface area contributed by atoms with Crippen LogP contribution in [0.25, 0.3) is 0 Å². The van der Waals surface area contributed by atoms with Gasteiger partial charge in [-0.2, -0.15) is 0 Å². The van der Waals surface area contributed by atoms with Gasteiger partial charge in [0.1, 0.15) is 0 Å². The third-order valence-electron chi connectivity index (χ3n) is 0.366. The molecule has 18 heavy (non-hydrogen) atoms. The molecule has 14 heteroatoms. The summed E-state index contributed by atoms with van der Waals surface area (Å²) in [4.78, 5) is 36.4. The molecule has 0 saturated carbocycles. The van der Waals surface area contributed by atoms with Crippen LogP contribution < -0.4 is 23.6 Å². The van der Waals surface area contributed by atoms with Gasteiger partial charge in [0.25, 0.3) is 0 Å². The van der Waals surface area contributed by atoms with E-state index in [1.807, 2.05) is 0 Å². The first-order chi connectivity index (χ1) is 7.02. The van der Waals surface area contributed by atoms with Gasteiger partial charge in [-0.05, 0) is 0 Å². The Bertz CT molecular complexity index is 217. The summed E-state index contributed by atoms with van der Waals surface area (Å²) in [5, 5.41) is 51.1. The number of halogens is 1. The van der Waals surface area contributed by atoms with Crippen molar-refractivity contribution < 1.29 is 78.2 Å². The minimum atomic E-state index is -2.17. The minimum Gasteiger partial charge on any atom is -1.00 e. The van der Waals surface area contributed by atoms with E-state index in [2.05, 4.69) is 0 Å². The van der Waals surface area contributed by atoms with Crippen LogP contribution in [0, 0.1) is 0 Å². The largest absolute Gasteiger partial charge is 1.00 e. The monoisotopic (exact) mass is 268 g/mol. The molecule has 0 rings (SSSR count). The molecule has 0 saturated heterocycles. The predicted octanol–water partition coefficient (Wildman–Crippen LogP) is -9.73. The summed E-state index contributed by atoms with van der Waals surface area (Å²) in [6.07, 6.45) is 0. The van der Waals surface area contributed by atoms with Gasteiger partial charge in [-0.25, -0.2) is 19.2 Å². The van der Waals surface area contributed by atoms with Crippen molar-refractivity contribution in [3.63, 3.8) is 0 Å². The van der Waals surface area contributed by atoms with Gasteiger partial charge in [-0.3, -0.25) is 0 Å². The standard InChI is InChI=1S/2C2H2O4.BH3O3.FH.Li/c2*3-1(4)2(5)6;2-1(3)4;;/h2*(H,3,4)(H,5,6);2-4H;1H;/q;;;;+1/p-1. The van der Waals surface area contributed by atoms with Crippen LogP contribution in [0.3, 0.4) is 0 Å². The first kappa shape index (κ1) is 29.9. The van der Waals surface area contributed by atoms with Gasteiger partial charge in [0.05, 0.1) is 0 Å². The zero-order chi connectivity index (χ0) is 13.9. The molecule has 0 fully saturated rings. The van der Waals surface area contributed by atoms with Crippen LogP contribution in [0.5, 0.6) is 0 Å². The summed E-state index contributed by atoms with van der Waals surface area (Å²) in [5.74, 6) is -7.30. The van der Waals surface area contributed by atoms with Gasteiger partial charge >= 0.3 is 50.1 Å². The van der Waals surface area contributed by atoms with Gasteiger partial charge in [0.15, 0.2) is 0 Å². The second-order valence-electron chi connectivity index (χ2n) is 1.57. The fourth-order valence-electron chi connectivity index (χ4n) is 0. The van der Waals surface area contributed by atoms with E-state index in [0.717, 1.165) is 0 Å². The van der Waals surface area contributed by atoms with Crippen LogP contribution in [0.2, 0.25) is 0 Å². The quantitative estimate of drug-likeness (QED) is 0.162. The molecule has 0 heterocycles. The van der Waals surface area contributed by atoms with Crippen LogP contribution in [-0.4, -0.2) is 66.7 Å². The van der Waals surface area contributed by atoms with Crippen LogP contribution in [0.15, 0.2) is 0 Å². The second-order valence-corrected chi connectivity index (χ2v) is 1.57. The molecule has 0 aliphatic rings. The number of carboxylic acids is 4. The average molecular weight is 268 g/mol. The summed E-state index contributed by atoms with van der Waals surface area (Å²) in [5.41, 5.74) is 0. The molecular formula is C4H7BFLiO11. The fraction of sp³-hybridized carbons (Fsp3) is 0. The first-order valence-electron chi connectivity index (χ1n) is 2.99. The Morgan fingerprint density at radius 3 is 0.667 bits per heavy atom. The molecule has 0 atom stereocenters. The minimum absolute atomic E-state index is 0. The van der Waals surface area contributed by atoms with Gasteiger partial charge < -0.3 is 40.2 Å². The molecule has 0 bridgehead atoms. The van der Waals surface area contributed by atoms with Crippen molar-refractivity contribution in [1.82, 2.24) is 0 Å². The topological polar surface area (TPSA) is 210 Å². The van der Waals surface area contributed by atoms with Crippen molar-refractivity contribution in [2.75, 3.05) is 0 Å². The van der Waals surface area contributed by atoms with E-state index < -0.39 is 31.2 Å². The molecule has 11 nitrogen and oxygen atoms in total. The molecule has 0 aromatic carbocycles. The molecule has 100 valence electrons. The summed E-state index contributed by atoms with van der Waals surface area (Å²) >= 11 is 0. The Morgan fingerprint density at radius 1 is 0.611 bits per heavy atom. The zero-order valence-electron chi connectivity index (χ0n) is 8.72. The SMILES string of the molecule is O=C(O)C(=O)O.O=C(O)C(=O)O.OB(O)O.[F-].[Li+]. The van der Waals surface area contributed by atoms with Crippen molar-refractivity contribution in [2.45, 2.75) is 0 Å². The van der Waals surface area contributed by atoms with Crippen LogP contribution in [-0.2, 0) is 19.2 Å². The Kier molecular flexibility index (Phi) is 29.5. The number of carbonyl (C=O) groups is 4. The molecule has 0 aliphatic carbocycles. The Labute approximate surface area is 110 Å². The fourth-order valence-corrected chi connectivity index (χ4v) is 0. The maximum Gasteiger partial charge on any atom is 1.00 e. The zero-order valence-corrected chi connectivity index (χ0v) is 8.72. The summed E-state index contributed by atoms with van der Waals surface area (Å²) in [7, 11) is -2.17. The van der Waals surface area contributed by atoms with Crippen LogP contribution >= 0.6 is 0 Å². The van der Waals surface area contributed by atoms with Crippen LogP contribution in [0.4, 0.5) is 0 Å². The van der Waals surface area contributed by atoms with Crippen molar-refractivity contribution >= 4 is 31.2 Å². The van der Waals surface area contributed by atoms with Gasteiger partial charge in [0.2, 0.25) is 0 Å². The van der Waals surface area contributed by atoms with E-state index in [1.54, 1.807) is 0 Å². The van der Waals surface area contributed by atoms with E-state index >= 15 is 0 Å². The number of rotatable bonds is 0. The predicted molar refractivity (Wildman–Crippen MR) is 43.0 cm³/mol. The second kappa shape index (κ2) is 17.7. The van der Waals surface area contributed by atoms with Crippen molar-refractivity contribution in [2.24, 2.45) is 0 Å². The van der Waals surface area contributed by atoms with Gasteiger partial charge in [0, 0.05) is 0 Å². The van der Waals surface area contributed by atoms with Gasteiger partial charge in [-0.1, -0.05) is 0 Å². The first-order valence-corrected chi connectivity index (χ1v) is 2.99. The summed E-state index contributed by atoms with van der Waals surface area (Å²) in [6, 6.07) is 0. The van der Waals surface area contributed by atoms with E-state index in [9.17, 15) is 0 Å². The molecule has 0 unspecified atom stereocenters. The molecule has 0 radical (unpaired) electrons. The third kappa shape index (κ3) is 63.4. The Balaban J connectivity index is -0.0000000454. The number of hydrogen-bond donors (Lipinski definition) is 7. The van der Waals surface area contributed by atoms with Crippen molar-refractivity contribution in [3.8, 4) is 0 Å². The van der Waals surface area contributed by atoms with Crippen LogP contribution in [0.1, 0.15) is 0 Å². The molecule has 0 amide bonds. The third-order valence-corrected chi connectivity index (χ3v) is 0.366. The molecular weight excluding hydrogens is 261 g/mol. The number of hydrogen-bond acceptors (Lipinski definition) is 7.